The van der Waals surface area contributed by atoms with E-state index in [4.69, 9.17) is 14.5 Å². The van der Waals surface area contributed by atoms with E-state index in [0.717, 1.165) is 22.1 Å². The van der Waals surface area contributed by atoms with E-state index in [1.807, 2.05) is 39.8 Å². The number of fused-ring (bicyclic) bond motifs is 5. The molecule has 11 heteroatoms. The lowest BCUT2D eigenvalue weighted by Crippen LogP contribution is -2.47. The van der Waals surface area contributed by atoms with Crippen molar-refractivity contribution >= 4 is 22.8 Å². The molecule has 1 aromatic carbocycles. The van der Waals surface area contributed by atoms with Crippen LogP contribution >= 0.6 is 0 Å². The Morgan fingerprint density at radius 3 is 2.66 bits per heavy atom. The minimum atomic E-state index is -1.96. The molecule has 2 aromatic heterocycles. The number of hydrogen-bond acceptors (Lipinski definition) is 8. The summed E-state index contributed by atoms with van der Waals surface area (Å²) in [5.74, 6) is -1.43. The van der Waals surface area contributed by atoms with Gasteiger partial charge in [0, 0.05) is 29.1 Å². The number of hydrogen-bond donors (Lipinski definition) is 2. The average molecular weight is 607 g/mol. The zero-order chi connectivity index (χ0) is 31.9. The van der Waals surface area contributed by atoms with Gasteiger partial charge in [-0.15, -0.1) is 0 Å². The molecule has 3 atom stereocenters. The summed E-state index contributed by atoms with van der Waals surface area (Å²) in [5, 5.41) is 15.3. The van der Waals surface area contributed by atoms with Crippen LogP contribution in [-0.2, 0) is 44.2 Å². The Kier molecular flexibility index (Phi) is 7.22. The summed E-state index contributed by atoms with van der Waals surface area (Å²) in [6, 6.07) is 2.60. The van der Waals surface area contributed by atoms with Crippen molar-refractivity contribution in [2.75, 3.05) is 20.6 Å². The van der Waals surface area contributed by atoms with Crippen molar-refractivity contribution in [3.63, 3.8) is 0 Å². The molecule has 6 rings (SSSR count). The van der Waals surface area contributed by atoms with Crippen molar-refractivity contribution in [2.24, 2.45) is 0 Å². The third kappa shape index (κ3) is 4.72. The molecule has 3 aliphatic rings. The number of likely N-dealkylation sites (N-methyl/N-ethyl adjacent to an activating group) is 1. The molecule has 234 valence electrons. The molecule has 2 aliphatic heterocycles. The van der Waals surface area contributed by atoms with Gasteiger partial charge in [0.15, 0.2) is 5.60 Å². The number of benzene rings is 1. The van der Waals surface area contributed by atoms with Crippen LogP contribution in [0.1, 0.15) is 80.0 Å². The molecule has 2 N–H and O–H groups in total. The Bertz CT molecular complexity index is 1790. The van der Waals surface area contributed by atoms with Crippen LogP contribution in [-0.4, -0.2) is 63.8 Å². The third-order valence-electron chi connectivity index (χ3n) is 9.01. The zero-order valence-corrected chi connectivity index (χ0v) is 26.3. The molecule has 10 nitrogen and oxygen atoms in total. The number of carbonyl (C=O) groups excluding carboxylic acids is 2. The Labute approximate surface area is 255 Å². The highest BCUT2D eigenvalue weighted by Crippen LogP contribution is 2.46. The topological polar surface area (TPSA) is 123 Å². The van der Waals surface area contributed by atoms with Crippen LogP contribution in [0.2, 0.25) is 0 Å². The van der Waals surface area contributed by atoms with Crippen LogP contribution in [0, 0.1) is 12.7 Å². The molecular formula is C33H39FN4O6. The molecule has 1 aliphatic carbocycles. The van der Waals surface area contributed by atoms with E-state index in [1.165, 1.54) is 6.07 Å². The highest BCUT2D eigenvalue weighted by Gasteiger charge is 2.46. The van der Waals surface area contributed by atoms with Gasteiger partial charge in [0.25, 0.3) is 11.5 Å². The van der Waals surface area contributed by atoms with E-state index < -0.39 is 29.3 Å². The van der Waals surface area contributed by atoms with E-state index >= 15 is 4.39 Å². The number of aromatic nitrogens is 2. The maximum Gasteiger partial charge on any atom is 0.343 e. The number of pyridine rings is 2. The summed E-state index contributed by atoms with van der Waals surface area (Å²) in [7, 11) is 3.76. The van der Waals surface area contributed by atoms with E-state index in [2.05, 4.69) is 5.32 Å². The first-order chi connectivity index (χ1) is 20.6. The number of nitrogens with zero attached hydrogens (tertiary/aromatic N) is 3. The van der Waals surface area contributed by atoms with Crippen LogP contribution in [0.25, 0.3) is 22.3 Å². The molecule has 0 unspecified atom stereocenters. The van der Waals surface area contributed by atoms with Crippen LogP contribution in [0.3, 0.4) is 0 Å². The predicted octanol–water partition coefficient (Wildman–Crippen LogP) is 3.38. The van der Waals surface area contributed by atoms with Crippen molar-refractivity contribution in [3.05, 3.63) is 61.7 Å². The van der Waals surface area contributed by atoms with Crippen molar-refractivity contribution < 1.29 is 28.6 Å². The number of cyclic esters (lactones) is 1. The van der Waals surface area contributed by atoms with Crippen LogP contribution < -0.4 is 10.9 Å². The van der Waals surface area contributed by atoms with E-state index in [0.29, 0.717) is 41.9 Å². The van der Waals surface area contributed by atoms with Crippen LogP contribution in [0.4, 0.5) is 4.39 Å². The molecule has 0 spiro atoms. The summed E-state index contributed by atoms with van der Waals surface area (Å²) < 4.78 is 28.1. The fourth-order valence-corrected chi connectivity index (χ4v) is 6.90. The van der Waals surface area contributed by atoms with Gasteiger partial charge in [0.05, 0.1) is 40.7 Å². The Balaban J connectivity index is 1.53. The second kappa shape index (κ2) is 10.5. The zero-order valence-electron chi connectivity index (χ0n) is 26.3. The number of ether oxygens (including phenoxy) is 2. The van der Waals surface area contributed by atoms with Gasteiger partial charge >= 0.3 is 5.97 Å². The standard InChI is InChI=1S/C33H39FN4O6/c1-8-33(42)20-11-24-28-18(13-38(24)30(40)19(20)15-43-31(33)41)27-22(36-29(39)25(14-37(6)7)44-32(3,4)5)10-9-17-16(2)21(34)12-23(35-28)26(17)27/h11-12,22,25,42H,8-10,13-15H2,1-7H3,(H,36,39)/t22-,25+,33-/m0/s1. The highest BCUT2D eigenvalue weighted by atomic mass is 19.1. The Morgan fingerprint density at radius 2 is 2.00 bits per heavy atom. The molecule has 0 radical (unpaired) electrons. The van der Waals surface area contributed by atoms with Gasteiger partial charge in [-0.05, 0) is 83.8 Å². The molecular weight excluding hydrogens is 567 g/mol. The lowest BCUT2D eigenvalue weighted by atomic mass is 9.81. The highest BCUT2D eigenvalue weighted by molar-refractivity contribution is 5.94. The number of rotatable bonds is 6. The maximum atomic E-state index is 15.2. The number of amides is 1. The van der Waals surface area contributed by atoms with Crippen LogP contribution in [0.5, 0.6) is 0 Å². The molecule has 3 aromatic rings. The normalized spacial score (nSPS) is 21.1. The maximum absolute atomic E-state index is 15.2. The van der Waals surface area contributed by atoms with Gasteiger partial charge in [-0.2, -0.15) is 0 Å². The minimum absolute atomic E-state index is 0.0255. The van der Waals surface area contributed by atoms with E-state index in [-0.39, 0.29) is 48.0 Å². The first-order valence-corrected chi connectivity index (χ1v) is 15.1. The summed E-state index contributed by atoms with van der Waals surface area (Å²) in [4.78, 5) is 47.0. The molecule has 0 bridgehead atoms. The van der Waals surface area contributed by atoms with E-state index in [1.54, 1.807) is 24.5 Å². The fourth-order valence-electron chi connectivity index (χ4n) is 6.90. The SMILES string of the molecule is CC[C@@]1(O)C(=O)OCc2c1cc1n(c2=O)Cc2c-1nc1cc(F)c(C)c3c1c2[C@@H](NC(=O)[C@@H](CN(C)C)OC(C)(C)C)CC3. The monoisotopic (exact) mass is 606 g/mol. The largest absolute Gasteiger partial charge is 0.458 e. The number of carbonyl (C=O) groups is 2. The predicted molar refractivity (Wildman–Crippen MR) is 162 cm³/mol. The molecule has 0 saturated heterocycles. The quantitative estimate of drug-likeness (QED) is 0.321. The summed E-state index contributed by atoms with van der Waals surface area (Å²) >= 11 is 0. The Morgan fingerprint density at radius 1 is 1.27 bits per heavy atom. The number of nitrogens with one attached hydrogen (secondary N) is 1. The summed E-state index contributed by atoms with van der Waals surface area (Å²) in [5.41, 5.74) is 1.81. The van der Waals surface area contributed by atoms with Gasteiger partial charge in [0.1, 0.15) is 18.5 Å². The fraction of sp³-hybridized carbons (Fsp3) is 0.515. The molecule has 1 amide bonds. The minimum Gasteiger partial charge on any atom is -0.458 e. The van der Waals surface area contributed by atoms with Crippen molar-refractivity contribution in [1.29, 1.82) is 0 Å². The Hall–Kier alpha value is -3.67. The van der Waals surface area contributed by atoms with Crippen molar-refractivity contribution in [3.8, 4) is 11.4 Å². The lowest BCUT2D eigenvalue weighted by Gasteiger charge is -2.33. The first-order valence-electron chi connectivity index (χ1n) is 15.1. The van der Waals surface area contributed by atoms with Gasteiger partial charge in [-0.1, -0.05) is 6.92 Å². The van der Waals surface area contributed by atoms with Crippen LogP contribution in [0.15, 0.2) is 16.9 Å². The molecule has 0 fully saturated rings. The van der Waals surface area contributed by atoms with Crippen molar-refractivity contribution in [1.82, 2.24) is 19.8 Å². The summed E-state index contributed by atoms with van der Waals surface area (Å²) in [6.07, 6.45) is 0.361. The second-order valence-electron chi connectivity index (χ2n) is 13.4. The average Bonchev–Trinajstić information content (AvgIpc) is 3.31. The number of aryl methyl sites for hydroxylation is 1. The number of halogens is 1. The van der Waals surface area contributed by atoms with E-state index in [9.17, 15) is 19.5 Å². The molecule has 4 heterocycles. The first kappa shape index (κ1) is 30.4. The number of esters is 1. The van der Waals surface area contributed by atoms with Gasteiger partial charge in [-0.25, -0.2) is 14.2 Å². The lowest BCUT2D eigenvalue weighted by molar-refractivity contribution is -0.172. The summed E-state index contributed by atoms with van der Waals surface area (Å²) in [6.45, 7) is 9.44. The molecule has 0 saturated carbocycles. The van der Waals surface area contributed by atoms with Crippen molar-refractivity contribution in [2.45, 2.75) is 90.4 Å². The van der Waals surface area contributed by atoms with Gasteiger partial charge < -0.3 is 29.4 Å². The smallest absolute Gasteiger partial charge is 0.343 e. The third-order valence-corrected chi connectivity index (χ3v) is 9.01. The number of aliphatic hydroxyl groups is 1. The second-order valence-corrected chi connectivity index (χ2v) is 13.4. The molecule has 44 heavy (non-hydrogen) atoms. The van der Waals surface area contributed by atoms with Gasteiger partial charge in [0.2, 0.25) is 0 Å². The van der Waals surface area contributed by atoms with Gasteiger partial charge in [-0.3, -0.25) is 9.59 Å².